The lowest BCUT2D eigenvalue weighted by Gasteiger charge is -2.06. The molecule has 0 atom stereocenters. The van der Waals surface area contributed by atoms with Gasteiger partial charge in [0.15, 0.2) is 5.75 Å². The molecule has 9 heteroatoms. The first kappa shape index (κ1) is 15.9. The Bertz CT molecular complexity index is 698. The van der Waals surface area contributed by atoms with Crippen LogP contribution in [0.25, 0.3) is 0 Å². The summed E-state index contributed by atoms with van der Waals surface area (Å²) in [6.45, 7) is 0. The summed E-state index contributed by atoms with van der Waals surface area (Å²) in [6, 6.07) is 5.91. The molecule has 0 unspecified atom stereocenters. The molecule has 0 saturated carbocycles. The van der Waals surface area contributed by atoms with E-state index in [0.29, 0.717) is 10.6 Å². The Morgan fingerprint density at radius 2 is 2.10 bits per heavy atom. The van der Waals surface area contributed by atoms with Crippen LogP contribution in [0.5, 0.6) is 5.75 Å². The van der Waals surface area contributed by atoms with Gasteiger partial charge in [-0.2, -0.15) is 0 Å². The predicted molar refractivity (Wildman–Crippen MR) is 87.3 cm³/mol. The molecule has 0 aliphatic carbocycles. The second-order valence-corrected chi connectivity index (χ2v) is 7.05. The molecule has 1 amide bonds. The van der Waals surface area contributed by atoms with Crippen LogP contribution in [0.3, 0.4) is 0 Å². The molecule has 1 heterocycles. The van der Waals surface area contributed by atoms with Gasteiger partial charge in [-0.1, -0.05) is 0 Å². The van der Waals surface area contributed by atoms with E-state index in [0.717, 1.165) is 8.26 Å². The third kappa shape index (κ3) is 3.60. The van der Waals surface area contributed by atoms with E-state index in [9.17, 15) is 14.9 Å². The van der Waals surface area contributed by atoms with Gasteiger partial charge in [-0.3, -0.25) is 14.9 Å². The van der Waals surface area contributed by atoms with E-state index in [1.807, 2.05) is 0 Å². The maximum Gasteiger partial charge on any atom is 0.312 e. The molecule has 0 bridgehead atoms. The highest BCUT2D eigenvalue weighted by atomic mass is 79.9. The van der Waals surface area contributed by atoms with Crippen LogP contribution in [0.1, 0.15) is 9.67 Å². The zero-order valence-corrected chi connectivity index (χ0v) is 14.5. The molecule has 110 valence electrons. The number of rotatable bonds is 4. The van der Waals surface area contributed by atoms with Crippen LogP contribution >= 0.6 is 43.2 Å². The van der Waals surface area contributed by atoms with E-state index in [-0.39, 0.29) is 17.3 Å². The van der Waals surface area contributed by atoms with Gasteiger partial charge in [0.05, 0.1) is 20.7 Å². The van der Waals surface area contributed by atoms with Gasteiger partial charge in [0.1, 0.15) is 0 Å². The minimum Gasteiger partial charge on any atom is -0.490 e. The van der Waals surface area contributed by atoms with Crippen LogP contribution in [-0.4, -0.2) is 17.9 Å². The lowest BCUT2D eigenvalue weighted by atomic mass is 10.2. The van der Waals surface area contributed by atoms with Crippen molar-refractivity contribution in [3.05, 3.63) is 47.5 Å². The van der Waals surface area contributed by atoms with Gasteiger partial charge in [0.2, 0.25) is 0 Å². The summed E-state index contributed by atoms with van der Waals surface area (Å²) in [7, 11) is 1.35. The number of benzene rings is 1. The number of nitro benzene ring substituents is 1. The number of amides is 1. The van der Waals surface area contributed by atoms with Crippen molar-refractivity contribution in [3.8, 4) is 5.75 Å². The molecule has 0 aliphatic rings. The predicted octanol–water partition coefficient (Wildman–Crippen LogP) is 4.44. The van der Waals surface area contributed by atoms with Crippen LogP contribution < -0.4 is 10.1 Å². The molecule has 6 nitrogen and oxygen atoms in total. The third-order valence-electron chi connectivity index (χ3n) is 2.50. The standard InChI is InChI=1S/C12H8Br2N2O4S/c1-20-9-3-2-6(4-8(9)16(18)19)15-12(17)10-5-7(13)11(14)21-10/h2-5H,1H3,(H,15,17). The molecule has 21 heavy (non-hydrogen) atoms. The van der Waals surface area contributed by atoms with Gasteiger partial charge < -0.3 is 10.1 Å². The molecule has 0 spiro atoms. The Hall–Kier alpha value is -1.45. The number of halogens is 2. The average Bonchev–Trinajstić information content (AvgIpc) is 2.78. The highest BCUT2D eigenvalue weighted by molar-refractivity contribution is 9.13. The normalized spacial score (nSPS) is 10.2. The fourth-order valence-corrected chi connectivity index (χ4v) is 3.49. The van der Waals surface area contributed by atoms with Crippen molar-refractivity contribution in [3.63, 3.8) is 0 Å². The number of nitro groups is 1. The second kappa shape index (κ2) is 6.54. The second-order valence-electron chi connectivity index (χ2n) is 3.83. The number of anilines is 1. The Morgan fingerprint density at radius 1 is 1.38 bits per heavy atom. The molecule has 0 radical (unpaired) electrons. The van der Waals surface area contributed by atoms with Gasteiger partial charge >= 0.3 is 5.69 Å². The van der Waals surface area contributed by atoms with Gasteiger partial charge in [-0.25, -0.2) is 0 Å². The Kier molecular flexibility index (Phi) is 4.96. The van der Waals surface area contributed by atoms with Gasteiger partial charge in [-0.15, -0.1) is 11.3 Å². The number of ether oxygens (including phenoxy) is 1. The Balaban J connectivity index is 2.25. The van der Waals surface area contributed by atoms with Crippen molar-refractivity contribution in [1.29, 1.82) is 0 Å². The fourth-order valence-electron chi connectivity index (χ4n) is 1.56. The summed E-state index contributed by atoms with van der Waals surface area (Å²) in [4.78, 5) is 22.9. The maximum absolute atomic E-state index is 12.1. The summed E-state index contributed by atoms with van der Waals surface area (Å²) in [5, 5.41) is 13.6. The Morgan fingerprint density at radius 3 is 2.62 bits per heavy atom. The van der Waals surface area contributed by atoms with E-state index in [1.54, 1.807) is 12.1 Å². The van der Waals surface area contributed by atoms with Crippen LogP contribution in [0.2, 0.25) is 0 Å². The van der Waals surface area contributed by atoms with Crippen molar-refractivity contribution in [2.75, 3.05) is 12.4 Å². The lowest BCUT2D eigenvalue weighted by Crippen LogP contribution is -2.10. The van der Waals surface area contributed by atoms with E-state index >= 15 is 0 Å². The number of thiophene rings is 1. The monoisotopic (exact) mass is 434 g/mol. The SMILES string of the molecule is COc1ccc(NC(=O)c2cc(Br)c(Br)s2)cc1[N+](=O)[O-]. The van der Waals surface area contributed by atoms with Crippen molar-refractivity contribution < 1.29 is 14.5 Å². The van der Waals surface area contributed by atoms with E-state index in [1.165, 1.54) is 30.6 Å². The minimum atomic E-state index is -0.563. The van der Waals surface area contributed by atoms with Crippen molar-refractivity contribution in [2.24, 2.45) is 0 Å². The summed E-state index contributed by atoms with van der Waals surface area (Å²) in [6.07, 6.45) is 0. The zero-order chi connectivity index (χ0) is 15.6. The molecule has 0 fully saturated rings. The molecule has 1 aromatic carbocycles. The topological polar surface area (TPSA) is 81.5 Å². The fraction of sp³-hybridized carbons (Fsp3) is 0.0833. The molecular formula is C12H8Br2N2O4S. The number of nitrogens with zero attached hydrogens (tertiary/aromatic N) is 1. The van der Waals surface area contributed by atoms with Gasteiger partial charge in [0, 0.05) is 16.2 Å². The quantitative estimate of drug-likeness (QED) is 0.568. The molecule has 1 N–H and O–H groups in total. The van der Waals surface area contributed by atoms with E-state index in [2.05, 4.69) is 37.2 Å². The van der Waals surface area contributed by atoms with Gasteiger partial charge in [0.25, 0.3) is 5.91 Å². The van der Waals surface area contributed by atoms with Crippen LogP contribution in [0.4, 0.5) is 11.4 Å². The number of hydrogen-bond acceptors (Lipinski definition) is 5. The minimum absolute atomic E-state index is 0.139. The van der Waals surface area contributed by atoms with Crippen LogP contribution in [-0.2, 0) is 0 Å². The summed E-state index contributed by atoms with van der Waals surface area (Å²) >= 11 is 7.86. The first-order valence-electron chi connectivity index (χ1n) is 5.51. The summed E-state index contributed by atoms with van der Waals surface area (Å²) in [5.41, 5.74) is 0.122. The van der Waals surface area contributed by atoms with E-state index < -0.39 is 4.92 Å². The number of carbonyl (C=O) groups excluding carboxylic acids is 1. The molecule has 0 aliphatic heterocycles. The molecule has 1 aromatic heterocycles. The molecule has 2 rings (SSSR count). The molecule has 2 aromatic rings. The number of hydrogen-bond donors (Lipinski definition) is 1. The zero-order valence-electron chi connectivity index (χ0n) is 10.6. The summed E-state index contributed by atoms with van der Waals surface area (Å²) in [5.74, 6) is -0.203. The van der Waals surface area contributed by atoms with Crippen molar-refractivity contribution in [2.45, 2.75) is 0 Å². The molecular weight excluding hydrogens is 428 g/mol. The number of methoxy groups -OCH3 is 1. The van der Waals surface area contributed by atoms with Crippen molar-refractivity contribution in [1.82, 2.24) is 0 Å². The first-order chi connectivity index (χ1) is 9.92. The van der Waals surface area contributed by atoms with Crippen LogP contribution in [0.15, 0.2) is 32.5 Å². The summed E-state index contributed by atoms with van der Waals surface area (Å²) < 4.78 is 6.48. The average molecular weight is 436 g/mol. The number of nitrogens with one attached hydrogen (secondary N) is 1. The van der Waals surface area contributed by atoms with Gasteiger partial charge in [-0.05, 0) is 50.1 Å². The van der Waals surface area contributed by atoms with E-state index in [4.69, 9.17) is 4.74 Å². The Labute approximate surface area is 140 Å². The maximum atomic E-state index is 12.1. The largest absolute Gasteiger partial charge is 0.490 e. The molecule has 0 saturated heterocycles. The smallest absolute Gasteiger partial charge is 0.312 e. The highest BCUT2D eigenvalue weighted by Crippen LogP contribution is 2.33. The van der Waals surface area contributed by atoms with Crippen molar-refractivity contribution >= 4 is 60.5 Å². The third-order valence-corrected chi connectivity index (χ3v) is 5.76. The first-order valence-corrected chi connectivity index (χ1v) is 7.91. The van der Waals surface area contributed by atoms with Crippen LogP contribution in [0, 0.1) is 10.1 Å². The number of carbonyl (C=O) groups is 1. The highest BCUT2D eigenvalue weighted by Gasteiger charge is 2.17. The lowest BCUT2D eigenvalue weighted by molar-refractivity contribution is -0.385.